The number of amides is 4. The normalized spacial score (nSPS) is 14.8. The maximum atomic E-state index is 13.1. The number of nitrogens with zero attached hydrogens (tertiary/aromatic N) is 1. The number of hydrogen-bond acceptors (Lipinski definition) is 7. The average molecular weight is 517 g/mol. The molecule has 0 unspecified atom stereocenters. The van der Waals surface area contributed by atoms with Crippen molar-refractivity contribution < 1.29 is 33.4 Å². The second-order valence-corrected chi connectivity index (χ2v) is 7.55. The summed E-state index contributed by atoms with van der Waals surface area (Å²) in [5.74, 6) is -1.26. The summed E-state index contributed by atoms with van der Waals surface area (Å²) < 4.78 is 16.4. The quantitative estimate of drug-likeness (QED) is 0.339. The summed E-state index contributed by atoms with van der Waals surface area (Å²) in [5, 5.41) is 2.16. The lowest BCUT2D eigenvalue weighted by Gasteiger charge is -2.26. The number of esters is 1. The molecule has 1 saturated heterocycles. The molecule has 0 bridgehead atoms. The fraction of sp³-hybridized carbons (Fsp3) is 0.217. The zero-order valence-corrected chi connectivity index (χ0v) is 19.7. The van der Waals surface area contributed by atoms with Crippen LogP contribution in [0.4, 0.5) is 10.5 Å². The third-order valence-corrected chi connectivity index (χ3v) is 5.17. The number of imide groups is 2. The second kappa shape index (κ2) is 10.3. The Morgan fingerprint density at radius 3 is 2.39 bits per heavy atom. The Hall–Kier alpha value is -3.66. The van der Waals surface area contributed by atoms with Gasteiger partial charge in [-0.15, -0.1) is 0 Å². The van der Waals surface area contributed by atoms with E-state index >= 15 is 0 Å². The minimum Gasteiger partial charge on any atom is -0.492 e. The lowest BCUT2D eigenvalue weighted by molar-refractivity contribution is -0.122. The van der Waals surface area contributed by atoms with Crippen LogP contribution in [-0.4, -0.2) is 44.1 Å². The SMILES string of the molecule is CCOC(=O)c1ccc(N2C(=O)NC(=O)/C(=C\c3cc(Br)c(OC)c(OCC)c3)C2=O)cc1. The Labute approximate surface area is 198 Å². The molecule has 0 aliphatic carbocycles. The molecule has 1 aliphatic rings. The van der Waals surface area contributed by atoms with Gasteiger partial charge in [0.25, 0.3) is 11.8 Å². The van der Waals surface area contributed by atoms with Gasteiger partial charge >= 0.3 is 12.0 Å². The van der Waals surface area contributed by atoms with Crippen LogP contribution in [-0.2, 0) is 14.3 Å². The summed E-state index contributed by atoms with van der Waals surface area (Å²) in [7, 11) is 1.50. The largest absolute Gasteiger partial charge is 0.492 e. The third-order valence-electron chi connectivity index (χ3n) is 4.59. The summed E-state index contributed by atoms with van der Waals surface area (Å²) >= 11 is 3.39. The Kier molecular flexibility index (Phi) is 7.49. The molecule has 0 saturated carbocycles. The van der Waals surface area contributed by atoms with Gasteiger partial charge in [0.05, 0.1) is 36.0 Å². The van der Waals surface area contributed by atoms with E-state index in [2.05, 4.69) is 21.2 Å². The Morgan fingerprint density at radius 1 is 1.09 bits per heavy atom. The molecule has 3 rings (SSSR count). The van der Waals surface area contributed by atoms with Crippen LogP contribution in [0, 0.1) is 0 Å². The van der Waals surface area contributed by atoms with Crippen LogP contribution < -0.4 is 19.7 Å². The van der Waals surface area contributed by atoms with E-state index in [9.17, 15) is 19.2 Å². The molecule has 0 aromatic heterocycles. The van der Waals surface area contributed by atoms with Gasteiger partial charge in [-0.25, -0.2) is 14.5 Å². The molecule has 1 heterocycles. The van der Waals surface area contributed by atoms with Gasteiger partial charge in [-0.1, -0.05) is 0 Å². The summed E-state index contributed by atoms with van der Waals surface area (Å²) in [4.78, 5) is 50.7. The van der Waals surface area contributed by atoms with Crippen LogP contribution >= 0.6 is 15.9 Å². The lowest BCUT2D eigenvalue weighted by Crippen LogP contribution is -2.54. The molecule has 2 aromatic rings. The number of urea groups is 1. The van der Waals surface area contributed by atoms with Crippen LogP contribution in [0.3, 0.4) is 0 Å². The number of carbonyl (C=O) groups is 4. The van der Waals surface area contributed by atoms with Crippen molar-refractivity contribution in [1.29, 1.82) is 0 Å². The van der Waals surface area contributed by atoms with E-state index in [1.807, 2.05) is 6.92 Å². The van der Waals surface area contributed by atoms with E-state index < -0.39 is 23.8 Å². The molecule has 33 heavy (non-hydrogen) atoms. The van der Waals surface area contributed by atoms with Crippen LogP contribution in [0.1, 0.15) is 29.8 Å². The minimum atomic E-state index is -0.892. The number of nitrogens with one attached hydrogen (secondary N) is 1. The van der Waals surface area contributed by atoms with E-state index in [-0.39, 0.29) is 23.4 Å². The van der Waals surface area contributed by atoms with Crippen LogP contribution in [0.5, 0.6) is 11.5 Å². The molecular formula is C23H21BrN2O7. The molecule has 1 N–H and O–H groups in total. The van der Waals surface area contributed by atoms with Gasteiger partial charge < -0.3 is 14.2 Å². The highest BCUT2D eigenvalue weighted by Gasteiger charge is 2.37. The maximum absolute atomic E-state index is 13.1. The molecule has 9 nitrogen and oxygen atoms in total. The molecule has 172 valence electrons. The average Bonchev–Trinajstić information content (AvgIpc) is 2.77. The zero-order chi connectivity index (χ0) is 24.1. The van der Waals surface area contributed by atoms with Gasteiger partial charge in [-0.2, -0.15) is 0 Å². The number of rotatable bonds is 7. The monoisotopic (exact) mass is 516 g/mol. The number of carbonyl (C=O) groups excluding carboxylic acids is 4. The van der Waals surface area contributed by atoms with Gasteiger partial charge in [-0.05, 0) is 77.8 Å². The minimum absolute atomic E-state index is 0.190. The van der Waals surface area contributed by atoms with Crippen molar-refractivity contribution in [2.24, 2.45) is 0 Å². The van der Waals surface area contributed by atoms with Crippen molar-refractivity contribution in [2.75, 3.05) is 25.2 Å². The van der Waals surface area contributed by atoms with Crippen molar-refractivity contribution >= 4 is 51.5 Å². The van der Waals surface area contributed by atoms with Crippen LogP contribution in [0.25, 0.3) is 6.08 Å². The lowest BCUT2D eigenvalue weighted by atomic mass is 10.1. The fourth-order valence-electron chi connectivity index (χ4n) is 3.15. The van der Waals surface area contributed by atoms with Gasteiger partial charge in [0.1, 0.15) is 5.57 Å². The number of barbiturate groups is 1. The molecule has 0 spiro atoms. The standard InChI is InChI=1S/C23H21BrN2O7/c1-4-32-18-12-13(11-17(24)19(18)31-3)10-16-20(27)25-23(30)26(21(16)28)15-8-6-14(7-9-15)22(29)33-5-2/h6-12H,4-5H2,1-3H3,(H,25,27,30)/b16-10+. The third kappa shape index (κ3) is 5.06. The summed E-state index contributed by atoms with van der Waals surface area (Å²) in [6.07, 6.45) is 1.36. The molecule has 4 amide bonds. The number of halogens is 1. The highest BCUT2D eigenvalue weighted by molar-refractivity contribution is 9.10. The maximum Gasteiger partial charge on any atom is 0.338 e. The van der Waals surface area contributed by atoms with E-state index in [1.165, 1.54) is 37.5 Å². The molecular weight excluding hydrogens is 496 g/mol. The van der Waals surface area contributed by atoms with Crippen LogP contribution in [0.15, 0.2) is 46.4 Å². The first-order chi connectivity index (χ1) is 15.8. The van der Waals surface area contributed by atoms with E-state index in [1.54, 1.807) is 19.1 Å². The molecule has 0 radical (unpaired) electrons. The first-order valence-electron chi connectivity index (χ1n) is 9.99. The highest BCUT2D eigenvalue weighted by atomic mass is 79.9. The number of benzene rings is 2. The van der Waals surface area contributed by atoms with E-state index in [0.29, 0.717) is 28.1 Å². The number of anilines is 1. The van der Waals surface area contributed by atoms with Crippen molar-refractivity contribution in [3.05, 3.63) is 57.6 Å². The Balaban J connectivity index is 1.97. The molecule has 10 heteroatoms. The Bertz CT molecular complexity index is 1140. The first-order valence-corrected chi connectivity index (χ1v) is 10.8. The first kappa shape index (κ1) is 24.0. The Morgan fingerprint density at radius 2 is 1.79 bits per heavy atom. The van der Waals surface area contributed by atoms with Gasteiger partial charge in [0, 0.05) is 0 Å². The summed E-state index contributed by atoms with van der Waals surface area (Å²) in [6, 6.07) is 8.10. The van der Waals surface area contributed by atoms with Crippen molar-refractivity contribution in [3.8, 4) is 11.5 Å². The molecule has 0 atom stereocenters. The highest BCUT2D eigenvalue weighted by Crippen LogP contribution is 2.37. The predicted octanol–water partition coefficient (Wildman–Crippen LogP) is 3.70. The van der Waals surface area contributed by atoms with Gasteiger partial charge in [0.15, 0.2) is 11.5 Å². The molecule has 1 fully saturated rings. The molecule has 1 aliphatic heterocycles. The van der Waals surface area contributed by atoms with E-state index in [4.69, 9.17) is 14.2 Å². The number of ether oxygens (including phenoxy) is 3. The molecule has 2 aromatic carbocycles. The van der Waals surface area contributed by atoms with Crippen molar-refractivity contribution in [3.63, 3.8) is 0 Å². The smallest absolute Gasteiger partial charge is 0.338 e. The fourth-order valence-corrected chi connectivity index (χ4v) is 3.77. The van der Waals surface area contributed by atoms with Gasteiger partial charge in [-0.3, -0.25) is 14.9 Å². The van der Waals surface area contributed by atoms with Crippen LogP contribution in [0.2, 0.25) is 0 Å². The predicted molar refractivity (Wildman–Crippen MR) is 123 cm³/mol. The second-order valence-electron chi connectivity index (χ2n) is 6.69. The van der Waals surface area contributed by atoms with E-state index in [0.717, 1.165) is 4.90 Å². The number of hydrogen-bond donors (Lipinski definition) is 1. The zero-order valence-electron chi connectivity index (χ0n) is 18.1. The number of methoxy groups -OCH3 is 1. The summed E-state index contributed by atoms with van der Waals surface area (Å²) in [5.41, 5.74) is 0.693. The van der Waals surface area contributed by atoms with Gasteiger partial charge in [0.2, 0.25) is 0 Å². The topological polar surface area (TPSA) is 111 Å². The van der Waals surface area contributed by atoms with Crippen molar-refractivity contribution in [2.45, 2.75) is 13.8 Å². The van der Waals surface area contributed by atoms with Crippen molar-refractivity contribution in [1.82, 2.24) is 5.32 Å². The summed E-state index contributed by atoms with van der Waals surface area (Å²) in [6.45, 7) is 4.10.